The number of rotatable bonds is 6. The Hall–Kier alpha value is -2.80. The first-order chi connectivity index (χ1) is 15.7. The van der Waals surface area contributed by atoms with Crippen LogP contribution < -0.4 is 5.32 Å². The van der Waals surface area contributed by atoms with Crippen LogP contribution in [0.4, 0.5) is 0 Å². The van der Waals surface area contributed by atoms with Gasteiger partial charge in [-0.2, -0.15) is 0 Å². The molecule has 2 aromatic heterocycles. The lowest BCUT2D eigenvalue weighted by atomic mass is 10.0. The van der Waals surface area contributed by atoms with E-state index in [1.54, 1.807) is 18.0 Å². The van der Waals surface area contributed by atoms with Crippen molar-refractivity contribution in [2.75, 3.05) is 0 Å². The van der Waals surface area contributed by atoms with E-state index in [0.717, 1.165) is 26.5 Å². The molecule has 7 heteroatoms. The van der Waals surface area contributed by atoms with E-state index in [0.29, 0.717) is 11.7 Å². The van der Waals surface area contributed by atoms with E-state index in [1.165, 1.54) is 5.56 Å². The molecule has 0 radical (unpaired) electrons. The smallest absolute Gasteiger partial charge is 0.170 e. The molecule has 0 spiro atoms. The van der Waals surface area contributed by atoms with Gasteiger partial charge in [-0.1, -0.05) is 59.8 Å². The average Bonchev–Trinajstić information content (AvgIpc) is 3.41. The molecule has 1 aliphatic heterocycles. The second kappa shape index (κ2) is 9.36. The summed E-state index contributed by atoms with van der Waals surface area (Å²) in [6.45, 7) is 0.682. The van der Waals surface area contributed by atoms with Gasteiger partial charge >= 0.3 is 0 Å². The Morgan fingerprint density at radius 2 is 1.75 bits per heavy atom. The zero-order chi connectivity index (χ0) is 21.9. The summed E-state index contributed by atoms with van der Waals surface area (Å²) < 4.78 is 6.33. The number of nitrogens with zero attached hydrogens (tertiary/aromatic N) is 2. The zero-order valence-electron chi connectivity index (χ0n) is 17.0. The van der Waals surface area contributed by atoms with Crippen LogP contribution in [0.5, 0.6) is 0 Å². The second-order valence-electron chi connectivity index (χ2n) is 7.45. The third-order valence-corrected chi connectivity index (χ3v) is 6.85. The van der Waals surface area contributed by atoms with Gasteiger partial charge in [-0.25, -0.2) is 0 Å². The SMILES string of the molecule is S=C1N[C@@H](c2ccccn2)[C@H](c2ccc(Sc3ccc(Cl)cc3)o2)N1Cc1ccccc1. The van der Waals surface area contributed by atoms with E-state index in [2.05, 4.69) is 27.3 Å². The van der Waals surface area contributed by atoms with Crippen molar-refractivity contribution in [3.8, 4) is 0 Å². The summed E-state index contributed by atoms with van der Waals surface area (Å²) in [7, 11) is 0. The number of aromatic nitrogens is 1. The molecule has 0 aliphatic carbocycles. The van der Waals surface area contributed by atoms with Gasteiger partial charge in [0, 0.05) is 22.7 Å². The van der Waals surface area contributed by atoms with Crippen LogP contribution in [0.3, 0.4) is 0 Å². The Morgan fingerprint density at radius 3 is 2.50 bits per heavy atom. The van der Waals surface area contributed by atoms with Crippen molar-refractivity contribution in [1.29, 1.82) is 0 Å². The molecule has 4 aromatic rings. The summed E-state index contributed by atoms with van der Waals surface area (Å²) in [6.07, 6.45) is 1.81. The molecule has 1 aliphatic rings. The first-order valence-corrected chi connectivity index (χ1v) is 11.8. The number of furan rings is 1. The first kappa shape index (κ1) is 21.1. The quantitative estimate of drug-likeness (QED) is 0.313. The highest BCUT2D eigenvalue weighted by Crippen LogP contribution is 2.41. The number of nitrogens with one attached hydrogen (secondary N) is 1. The van der Waals surface area contributed by atoms with Gasteiger partial charge in [0.1, 0.15) is 11.8 Å². The molecule has 1 N–H and O–H groups in total. The molecule has 0 amide bonds. The van der Waals surface area contributed by atoms with E-state index >= 15 is 0 Å². The molecular weight excluding hydrogens is 458 g/mol. The maximum Gasteiger partial charge on any atom is 0.170 e. The molecule has 1 fully saturated rings. The molecule has 0 bridgehead atoms. The van der Waals surface area contributed by atoms with Gasteiger partial charge in [-0.3, -0.25) is 4.98 Å². The largest absolute Gasteiger partial charge is 0.452 e. The monoisotopic (exact) mass is 477 g/mol. The maximum absolute atomic E-state index is 6.33. The molecule has 2 aromatic carbocycles. The van der Waals surface area contributed by atoms with Crippen LogP contribution in [0.2, 0.25) is 5.02 Å². The summed E-state index contributed by atoms with van der Waals surface area (Å²) in [5.41, 5.74) is 2.12. The minimum atomic E-state index is -0.114. The Balaban J connectivity index is 1.47. The fourth-order valence-corrected chi connectivity index (χ4v) is 5.04. The Kier molecular flexibility index (Phi) is 6.17. The number of thiocarbonyl (C=S) groups is 1. The summed E-state index contributed by atoms with van der Waals surface area (Å²) in [6, 6.07) is 27.8. The zero-order valence-corrected chi connectivity index (χ0v) is 19.4. The van der Waals surface area contributed by atoms with E-state index in [4.69, 9.17) is 28.2 Å². The summed E-state index contributed by atoms with van der Waals surface area (Å²) in [4.78, 5) is 7.83. The molecule has 0 saturated carbocycles. The van der Waals surface area contributed by atoms with E-state index in [9.17, 15) is 0 Å². The van der Waals surface area contributed by atoms with E-state index in [1.807, 2.05) is 72.8 Å². The molecule has 2 atom stereocenters. The van der Waals surface area contributed by atoms with Gasteiger partial charge in [0.25, 0.3) is 0 Å². The average molecular weight is 478 g/mol. The van der Waals surface area contributed by atoms with E-state index in [-0.39, 0.29) is 12.1 Å². The second-order valence-corrected chi connectivity index (χ2v) is 9.35. The number of pyridine rings is 1. The van der Waals surface area contributed by atoms with Crippen LogP contribution >= 0.6 is 35.6 Å². The predicted molar refractivity (Wildman–Crippen MR) is 132 cm³/mol. The number of halogens is 1. The van der Waals surface area contributed by atoms with Crippen molar-refractivity contribution in [2.45, 2.75) is 28.6 Å². The predicted octanol–water partition coefficient (Wildman–Crippen LogP) is 6.65. The van der Waals surface area contributed by atoms with Crippen LogP contribution in [-0.2, 0) is 6.54 Å². The molecule has 160 valence electrons. The summed E-state index contributed by atoms with van der Waals surface area (Å²) in [5, 5.41) is 5.70. The van der Waals surface area contributed by atoms with Crippen LogP contribution in [0, 0.1) is 0 Å². The molecule has 1 saturated heterocycles. The third kappa shape index (κ3) is 4.53. The van der Waals surface area contributed by atoms with Gasteiger partial charge in [0.05, 0.1) is 11.7 Å². The molecule has 3 heterocycles. The lowest BCUT2D eigenvalue weighted by Gasteiger charge is -2.26. The summed E-state index contributed by atoms with van der Waals surface area (Å²) >= 11 is 13.3. The molecule has 5 rings (SSSR count). The van der Waals surface area contributed by atoms with Gasteiger partial charge in [-0.15, -0.1) is 0 Å². The lowest BCUT2D eigenvalue weighted by molar-refractivity contribution is 0.254. The van der Waals surface area contributed by atoms with Crippen LogP contribution in [0.25, 0.3) is 0 Å². The van der Waals surface area contributed by atoms with Crippen molar-refractivity contribution < 1.29 is 4.42 Å². The lowest BCUT2D eigenvalue weighted by Crippen LogP contribution is -2.28. The van der Waals surface area contributed by atoms with Crippen LogP contribution in [-0.4, -0.2) is 15.0 Å². The van der Waals surface area contributed by atoms with Crippen molar-refractivity contribution in [3.63, 3.8) is 0 Å². The molecular formula is C25H20ClN3OS2. The van der Waals surface area contributed by atoms with Gasteiger partial charge < -0.3 is 14.6 Å². The number of hydrogen-bond acceptors (Lipinski definition) is 4. The highest BCUT2D eigenvalue weighted by atomic mass is 35.5. The minimum Gasteiger partial charge on any atom is -0.452 e. The molecule has 4 nitrogen and oxygen atoms in total. The van der Waals surface area contributed by atoms with Gasteiger partial charge in [0.2, 0.25) is 0 Å². The normalized spacial score (nSPS) is 18.0. The minimum absolute atomic E-state index is 0.105. The Morgan fingerprint density at radius 1 is 0.969 bits per heavy atom. The maximum atomic E-state index is 6.33. The Bertz CT molecular complexity index is 1200. The fraction of sp³-hybridized carbons (Fsp3) is 0.120. The van der Waals surface area contributed by atoms with Crippen LogP contribution in [0.1, 0.15) is 29.1 Å². The standard InChI is InChI=1S/C25H20ClN3OS2/c26-18-9-11-19(12-10-18)32-22-14-13-21(30-22)24-23(20-8-4-5-15-27-20)28-25(31)29(24)16-17-6-2-1-3-7-17/h1-15,23-24H,16H2,(H,28,31)/t23-,24-/m0/s1. The number of benzene rings is 2. The highest BCUT2D eigenvalue weighted by molar-refractivity contribution is 7.99. The van der Waals surface area contributed by atoms with Gasteiger partial charge in [-0.05, 0) is 66.3 Å². The van der Waals surface area contributed by atoms with Crippen molar-refractivity contribution in [1.82, 2.24) is 15.2 Å². The fourth-order valence-electron chi connectivity index (χ4n) is 3.83. The van der Waals surface area contributed by atoms with Crippen molar-refractivity contribution >= 4 is 40.7 Å². The molecule has 0 unspecified atom stereocenters. The number of hydrogen-bond donors (Lipinski definition) is 1. The Labute approximate surface area is 201 Å². The van der Waals surface area contributed by atoms with E-state index < -0.39 is 0 Å². The van der Waals surface area contributed by atoms with Crippen molar-refractivity contribution in [2.24, 2.45) is 0 Å². The third-order valence-electron chi connectivity index (χ3n) is 5.32. The first-order valence-electron chi connectivity index (χ1n) is 10.2. The van der Waals surface area contributed by atoms with Crippen LogP contribution in [0.15, 0.2) is 106 Å². The summed E-state index contributed by atoms with van der Waals surface area (Å²) in [5.74, 6) is 0.848. The van der Waals surface area contributed by atoms with Crippen molar-refractivity contribution in [3.05, 3.63) is 113 Å². The highest BCUT2D eigenvalue weighted by Gasteiger charge is 2.41. The molecule has 32 heavy (non-hydrogen) atoms. The van der Waals surface area contributed by atoms with Gasteiger partial charge in [0.15, 0.2) is 10.2 Å². The topological polar surface area (TPSA) is 41.3 Å².